The fraction of sp³-hybridized carbons (Fsp3) is 1.00. The van der Waals surface area contributed by atoms with Gasteiger partial charge in [-0.1, -0.05) is 20.8 Å². The molecule has 0 radical (unpaired) electrons. The quantitative estimate of drug-likeness (QED) is 0.635. The molecule has 0 N–H and O–H groups in total. The molecule has 1 saturated heterocycles. The third-order valence-corrected chi connectivity index (χ3v) is 3.39. The van der Waals surface area contributed by atoms with Gasteiger partial charge in [0.05, 0.1) is 0 Å². The zero-order valence-electron chi connectivity index (χ0n) is 9.88. The van der Waals surface area contributed by atoms with Crippen LogP contribution in [0.5, 0.6) is 0 Å². The maximum Gasteiger partial charge on any atom is 0.0147 e. The highest BCUT2D eigenvalue weighted by Gasteiger charge is 2.31. The highest BCUT2D eigenvalue weighted by atomic mass is 15.2. The summed E-state index contributed by atoms with van der Waals surface area (Å²) in [5.41, 5.74) is 0. The van der Waals surface area contributed by atoms with Crippen molar-refractivity contribution in [3.8, 4) is 0 Å². The monoisotopic (exact) mass is 183 g/mol. The summed E-state index contributed by atoms with van der Waals surface area (Å²) in [6, 6.07) is 1.53. The lowest BCUT2D eigenvalue weighted by Gasteiger charge is -2.44. The lowest BCUT2D eigenvalue weighted by atomic mass is 9.83. The molecule has 0 spiro atoms. The van der Waals surface area contributed by atoms with E-state index in [0.29, 0.717) is 0 Å². The number of likely N-dealkylation sites (tertiary alicyclic amines) is 1. The smallest absolute Gasteiger partial charge is 0.0147 e. The van der Waals surface area contributed by atoms with Crippen LogP contribution in [0, 0.1) is 11.8 Å². The van der Waals surface area contributed by atoms with Gasteiger partial charge in [0.15, 0.2) is 0 Å². The number of rotatable bonds is 2. The molecule has 1 fully saturated rings. The van der Waals surface area contributed by atoms with Crippen LogP contribution in [0.2, 0.25) is 0 Å². The van der Waals surface area contributed by atoms with Gasteiger partial charge in [0.1, 0.15) is 0 Å². The minimum absolute atomic E-state index is 0.718. The van der Waals surface area contributed by atoms with Crippen molar-refractivity contribution in [2.45, 2.75) is 59.5 Å². The minimum atomic E-state index is 0.718. The molecular weight excluding hydrogens is 158 g/mol. The van der Waals surface area contributed by atoms with Crippen LogP contribution in [0.15, 0.2) is 0 Å². The molecule has 13 heavy (non-hydrogen) atoms. The van der Waals surface area contributed by atoms with Crippen LogP contribution in [-0.2, 0) is 0 Å². The van der Waals surface area contributed by atoms with E-state index in [1.807, 2.05) is 0 Å². The highest BCUT2D eigenvalue weighted by molar-refractivity contribution is 4.85. The minimum Gasteiger partial charge on any atom is -0.297 e. The molecule has 0 aromatic carbocycles. The summed E-state index contributed by atoms with van der Waals surface area (Å²) in [4.78, 5) is 2.69. The van der Waals surface area contributed by atoms with E-state index in [1.54, 1.807) is 0 Å². The van der Waals surface area contributed by atoms with Crippen molar-refractivity contribution in [3.63, 3.8) is 0 Å². The zero-order valence-corrected chi connectivity index (χ0v) is 9.88. The second-order valence-electron chi connectivity index (χ2n) is 5.19. The normalized spacial score (nSPS) is 31.6. The summed E-state index contributed by atoms with van der Waals surface area (Å²) in [6.07, 6.45) is 2.81. The lowest BCUT2D eigenvalue weighted by molar-refractivity contribution is 0.0417. The Bertz CT molecular complexity index is 151. The number of hydrogen-bond acceptors (Lipinski definition) is 1. The number of hydrogen-bond donors (Lipinski definition) is 0. The molecule has 78 valence electrons. The van der Waals surface area contributed by atoms with Crippen LogP contribution in [0.1, 0.15) is 47.5 Å². The second-order valence-corrected chi connectivity index (χ2v) is 5.19. The topological polar surface area (TPSA) is 3.24 Å². The van der Waals surface area contributed by atoms with Crippen LogP contribution in [-0.4, -0.2) is 23.5 Å². The molecule has 0 amide bonds. The average Bonchev–Trinajstić information content (AvgIpc) is 2.02. The van der Waals surface area contributed by atoms with E-state index in [0.717, 1.165) is 23.9 Å². The van der Waals surface area contributed by atoms with Gasteiger partial charge < -0.3 is 0 Å². The fourth-order valence-electron chi connectivity index (χ4n) is 2.89. The highest BCUT2D eigenvalue weighted by Crippen LogP contribution is 2.29. The fourth-order valence-corrected chi connectivity index (χ4v) is 2.89. The standard InChI is InChI=1S/C12H25N/c1-9(2)12-11(5)7-6-8-13(12)10(3)4/h9-12H,6-8H2,1-5H3. The molecule has 1 aliphatic rings. The summed E-state index contributed by atoms with van der Waals surface area (Å²) < 4.78 is 0. The van der Waals surface area contributed by atoms with E-state index in [2.05, 4.69) is 39.5 Å². The van der Waals surface area contributed by atoms with Crippen LogP contribution in [0.3, 0.4) is 0 Å². The molecule has 1 rings (SSSR count). The Hall–Kier alpha value is -0.0400. The summed E-state index contributed by atoms with van der Waals surface area (Å²) in [5.74, 6) is 1.69. The summed E-state index contributed by atoms with van der Waals surface area (Å²) >= 11 is 0. The Morgan fingerprint density at radius 3 is 2.15 bits per heavy atom. The van der Waals surface area contributed by atoms with Crippen LogP contribution < -0.4 is 0 Å². The molecule has 0 aliphatic carbocycles. The van der Waals surface area contributed by atoms with Crippen molar-refractivity contribution in [1.29, 1.82) is 0 Å². The zero-order chi connectivity index (χ0) is 10.0. The van der Waals surface area contributed by atoms with Crippen molar-refractivity contribution in [2.24, 2.45) is 11.8 Å². The van der Waals surface area contributed by atoms with Gasteiger partial charge >= 0.3 is 0 Å². The number of nitrogens with zero attached hydrogens (tertiary/aromatic N) is 1. The molecular formula is C12H25N. The molecule has 1 heteroatoms. The molecule has 0 aromatic heterocycles. The Morgan fingerprint density at radius 2 is 1.77 bits per heavy atom. The van der Waals surface area contributed by atoms with Gasteiger partial charge in [-0.15, -0.1) is 0 Å². The largest absolute Gasteiger partial charge is 0.297 e. The van der Waals surface area contributed by atoms with Gasteiger partial charge in [-0.2, -0.15) is 0 Å². The number of piperidine rings is 1. The first-order valence-electron chi connectivity index (χ1n) is 5.79. The van der Waals surface area contributed by atoms with Crippen molar-refractivity contribution >= 4 is 0 Å². The van der Waals surface area contributed by atoms with E-state index in [1.165, 1.54) is 19.4 Å². The van der Waals surface area contributed by atoms with E-state index in [4.69, 9.17) is 0 Å². The third-order valence-electron chi connectivity index (χ3n) is 3.39. The molecule has 1 aliphatic heterocycles. The Morgan fingerprint density at radius 1 is 1.15 bits per heavy atom. The first-order valence-corrected chi connectivity index (χ1v) is 5.79. The predicted molar refractivity (Wildman–Crippen MR) is 58.9 cm³/mol. The van der Waals surface area contributed by atoms with Crippen LogP contribution in [0.25, 0.3) is 0 Å². The van der Waals surface area contributed by atoms with Crippen molar-refractivity contribution < 1.29 is 0 Å². The first kappa shape index (κ1) is 11.0. The van der Waals surface area contributed by atoms with E-state index >= 15 is 0 Å². The molecule has 1 heterocycles. The Balaban J connectivity index is 2.68. The summed E-state index contributed by atoms with van der Waals surface area (Å²) in [5, 5.41) is 0. The molecule has 1 nitrogen and oxygen atoms in total. The Labute approximate surface area is 83.5 Å². The molecule has 0 bridgehead atoms. The predicted octanol–water partition coefficient (Wildman–Crippen LogP) is 3.15. The van der Waals surface area contributed by atoms with Gasteiger partial charge in [0, 0.05) is 12.1 Å². The maximum absolute atomic E-state index is 2.69. The van der Waals surface area contributed by atoms with Gasteiger partial charge in [-0.25, -0.2) is 0 Å². The van der Waals surface area contributed by atoms with Crippen LogP contribution in [0.4, 0.5) is 0 Å². The van der Waals surface area contributed by atoms with Gasteiger partial charge in [-0.05, 0) is 45.1 Å². The van der Waals surface area contributed by atoms with E-state index < -0.39 is 0 Å². The first-order chi connectivity index (χ1) is 6.04. The molecule has 0 aromatic rings. The van der Waals surface area contributed by atoms with Crippen molar-refractivity contribution in [1.82, 2.24) is 4.90 Å². The molecule has 0 saturated carbocycles. The van der Waals surface area contributed by atoms with Gasteiger partial charge in [0.25, 0.3) is 0 Å². The maximum atomic E-state index is 2.69. The summed E-state index contributed by atoms with van der Waals surface area (Å²) in [7, 11) is 0. The van der Waals surface area contributed by atoms with Crippen LogP contribution >= 0.6 is 0 Å². The van der Waals surface area contributed by atoms with Gasteiger partial charge in [-0.3, -0.25) is 4.90 Å². The molecule has 2 atom stereocenters. The Kier molecular flexibility index (Phi) is 3.78. The lowest BCUT2D eigenvalue weighted by Crippen LogP contribution is -2.50. The van der Waals surface area contributed by atoms with E-state index in [-0.39, 0.29) is 0 Å². The van der Waals surface area contributed by atoms with Crippen molar-refractivity contribution in [3.05, 3.63) is 0 Å². The molecule has 2 unspecified atom stereocenters. The second kappa shape index (κ2) is 4.45. The average molecular weight is 183 g/mol. The van der Waals surface area contributed by atoms with Crippen molar-refractivity contribution in [2.75, 3.05) is 6.54 Å². The summed E-state index contributed by atoms with van der Waals surface area (Å²) in [6.45, 7) is 13.1. The SMILES string of the molecule is CC(C)C1C(C)CCCN1C(C)C. The van der Waals surface area contributed by atoms with Gasteiger partial charge in [0.2, 0.25) is 0 Å². The third kappa shape index (κ3) is 2.46. The van der Waals surface area contributed by atoms with E-state index in [9.17, 15) is 0 Å².